The zero-order valence-corrected chi connectivity index (χ0v) is 18.3. The van der Waals surface area contributed by atoms with Gasteiger partial charge in [-0.2, -0.15) is 0 Å². The van der Waals surface area contributed by atoms with E-state index in [9.17, 15) is 10.2 Å². The topological polar surface area (TPSA) is 66.5 Å². The number of fused-ring (bicyclic) bond motifs is 1. The van der Waals surface area contributed by atoms with E-state index in [1.807, 2.05) is 84.9 Å². The summed E-state index contributed by atoms with van der Waals surface area (Å²) >= 11 is 10.7. The minimum Gasteiger partial charge on any atom is -0.502 e. The lowest BCUT2D eigenvalue weighted by molar-refractivity contribution is 0.294. The van der Waals surface area contributed by atoms with Gasteiger partial charge in [0.15, 0.2) is 15.7 Å². The fourth-order valence-electron chi connectivity index (χ4n) is 3.97. The molecule has 2 unspecified atom stereocenters. The van der Waals surface area contributed by atoms with Crippen molar-refractivity contribution in [2.24, 2.45) is 5.92 Å². The number of aliphatic hydroxyl groups is 2. The van der Waals surface area contributed by atoms with Crippen molar-refractivity contribution in [3.63, 3.8) is 0 Å². The quantitative estimate of drug-likeness (QED) is 0.326. The molecule has 4 rings (SSSR count). The van der Waals surface area contributed by atoms with Crippen molar-refractivity contribution < 1.29 is 14.6 Å². The van der Waals surface area contributed by atoms with E-state index >= 15 is 0 Å². The van der Waals surface area contributed by atoms with Gasteiger partial charge in [-0.3, -0.25) is 0 Å². The van der Waals surface area contributed by atoms with E-state index in [4.69, 9.17) is 28.9 Å². The number of thiocarbonyl (C=S) groups is 2. The van der Waals surface area contributed by atoms with Crippen molar-refractivity contribution in [2.45, 2.75) is 18.3 Å². The molecule has 31 heavy (non-hydrogen) atoms. The molecule has 4 aromatic rings. The minimum absolute atomic E-state index is 0.238. The van der Waals surface area contributed by atoms with Crippen LogP contribution < -0.4 is 0 Å². The maximum Gasteiger partial charge on any atom is 0.211 e. The lowest BCUT2D eigenvalue weighted by Gasteiger charge is -2.35. The Balaban J connectivity index is 1.92. The first-order valence-corrected chi connectivity index (χ1v) is 10.7. The lowest BCUT2D eigenvalue weighted by atomic mass is 9.69. The van der Waals surface area contributed by atoms with Gasteiger partial charge in [-0.25, -0.2) is 4.98 Å². The molecule has 1 heterocycles. The van der Waals surface area contributed by atoms with E-state index in [2.05, 4.69) is 4.98 Å². The Morgan fingerprint density at radius 2 is 1.42 bits per heavy atom. The SMILES string of the molecule is OC(=S)C(Cc1ccccc1)C(Cc1ccccc1)(C(O)=S)c1nc2ccccc2o1. The minimum atomic E-state index is -1.32. The molecule has 0 saturated heterocycles. The van der Waals surface area contributed by atoms with Crippen molar-refractivity contribution in [1.29, 1.82) is 0 Å². The fraction of sp³-hybridized carbons (Fsp3) is 0.160. The Labute approximate surface area is 191 Å². The normalized spacial score (nSPS) is 14.1. The van der Waals surface area contributed by atoms with E-state index < -0.39 is 11.3 Å². The maximum absolute atomic E-state index is 11.0. The molecule has 0 aliphatic heterocycles. The summed E-state index contributed by atoms with van der Waals surface area (Å²) in [5, 5.41) is 21.1. The van der Waals surface area contributed by atoms with Crippen LogP contribution >= 0.6 is 24.4 Å². The summed E-state index contributed by atoms with van der Waals surface area (Å²) < 4.78 is 6.11. The highest BCUT2D eigenvalue weighted by Gasteiger charge is 2.51. The molecule has 0 aliphatic carbocycles. The number of oxazole rings is 1. The van der Waals surface area contributed by atoms with Crippen molar-refractivity contribution in [3.05, 3.63) is 102 Å². The second-order valence-corrected chi connectivity index (χ2v) is 8.31. The van der Waals surface area contributed by atoms with Crippen molar-refractivity contribution in [1.82, 2.24) is 4.98 Å². The third-order valence-corrected chi connectivity index (χ3v) is 6.21. The van der Waals surface area contributed by atoms with Crippen LogP contribution in [0.3, 0.4) is 0 Å². The maximum atomic E-state index is 11.0. The highest BCUT2D eigenvalue weighted by molar-refractivity contribution is 7.80. The highest BCUT2D eigenvalue weighted by Crippen LogP contribution is 2.41. The van der Waals surface area contributed by atoms with Crippen LogP contribution in [0, 0.1) is 5.92 Å². The Bertz CT molecular complexity index is 1170. The molecular weight excluding hydrogens is 426 g/mol. The molecule has 0 saturated carbocycles. The number of benzene rings is 3. The summed E-state index contributed by atoms with van der Waals surface area (Å²) in [6, 6.07) is 26.6. The van der Waals surface area contributed by atoms with Crippen LogP contribution in [0.1, 0.15) is 17.0 Å². The van der Waals surface area contributed by atoms with Gasteiger partial charge >= 0.3 is 0 Å². The Morgan fingerprint density at radius 1 is 0.839 bits per heavy atom. The second-order valence-electron chi connectivity index (χ2n) is 7.51. The monoisotopic (exact) mass is 447 g/mol. The number of hydrogen-bond acceptors (Lipinski definition) is 4. The predicted octanol–water partition coefficient (Wildman–Crippen LogP) is 5.94. The zero-order chi connectivity index (χ0) is 21.8. The standard InChI is InChI=1S/C25H21NO3S2/c27-22(30)19(15-17-9-3-1-4-10-17)25(24(28)31,16-18-11-5-2-6-12-18)23-26-20-13-7-8-14-21(20)29-23/h1-14,19H,15-16H2,(H,27,30)(H,28,31). The molecule has 0 aliphatic rings. The molecule has 0 spiro atoms. The molecule has 2 atom stereocenters. The van der Waals surface area contributed by atoms with E-state index in [-0.39, 0.29) is 22.4 Å². The van der Waals surface area contributed by atoms with Crippen LogP contribution in [0.15, 0.2) is 89.3 Å². The van der Waals surface area contributed by atoms with Gasteiger partial charge in [-0.05, 0) is 60.5 Å². The highest BCUT2D eigenvalue weighted by atomic mass is 32.1. The van der Waals surface area contributed by atoms with Gasteiger partial charge in [0.1, 0.15) is 10.9 Å². The first-order valence-electron chi connectivity index (χ1n) is 9.91. The van der Waals surface area contributed by atoms with E-state index in [0.29, 0.717) is 17.5 Å². The summed E-state index contributed by atoms with van der Waals surface area (Å²) in [5.41, 5.74) is 1.77. The summed E-state index contributed by atoms with van der Waals surface area (Å²) in [6.07, 6.45) is 0.636. The van der Waals surface area contributed by atoms with Gasteiger partial charge in [0, 0.05) is 0 Å². The van der Waals surface area contributed by atoms with Gasteiger partial charge in [0.05, 0.1) is 5.92 Å². The first-order chi connectivity index (χ1) is 15.0. The molecule has 0 radical (unpaired) electrons. The van der Waals surface area contributed by atoms with Crippen LogP contribution in [0.4, 0.5) is 0 Å². The van der Waals surface area contributed by atoms with Crippen LogP contribution in [-0.2, 0) is 18.3 Å². The number of hydrogen-bond donors (Lipinski definition) is 2. The number of aliphatic hydroxyl groups excluding tert-OH is 2. The number of aromatic nitrogens is 1. The van der Waals surface area contributed by atoms with E-state index in [1.165, 1.54) is 0 Å². The summed E-state index contributed by atoms with van der Waals surface area (Å²) in [5.74, 6) is -0.488. The molecule has 3 aromatic carbocycles. The summed E-state index contributed by atoms with van der Waals surface area (Å²) in [6.45, 7) is 0. The van der Waals surface area contributed by atoms with Gasteiger partial charge in [0.2, 0.25) is 5.89 Å². The first kappa shape index (κ1) is 21.2. The van der Waals surface area contributed by atoms with Gasteiger partial charge in [-0.1, -0.05) is 72.8 Å². The average Bonchev–Trinajstić information content (AvgIpc) is 3.22. The Kier molecular flexibility index (Phi) is 6.11. The molecule has 0 fully saturated rings. The number of para-hydroxylation sites is 2. The second kappa shape index (κ2) is 8.96. The molecule has 6 heteroatoms. The molecular formula is C25H21NO3S2. The van der Waals surface area contributed by atoms with E-state index in [0.717, 1.165) is 11.1 Å². The zero-order valence-electron chi connectivity index (χ0n) is 16.6. The lowest BCUT2D eigenvalue weighted by Crippen LogP contribution is -2.48. The fourth-order valence-corrected chi connectivity index (χ4v) is 4.55. The van der Waals surface area contributed by atoms with Crippen LogP contribution in [0.5, 0.6) is 0 Å². The van der Waals surface area contributed by atoms with Gasteiger partial charge in [-0.15, -0.1) is 0 Å². The summed E-state index contributed by atoms with van der Waals surface area (Å²) in [7, 11) is 0. The van der Waals surface area contributed by atoms with Gasteiger partial charge in [0.25, 0.3) is 0 Å². The smallest absolute Gasteiger partial charge is 0.211 e. The Morgan fingerprint density at radius 3 is 2.00 bits per heavy atom. The van der Waals surface area contributed by atoms with Crippen LogP contribution in [-0.4, -0.2) is 25.3 Å². The molecule has 1 aromatic heterocycles. The van der Waals surface area contributed by atoms with Gasteiger partial charge < -0.3 is 14.6 Å². The largest absolute Gasteiger partial charge is 0.502 e. The predicted molar refractivity (Wildman–Crippen MR) is 130 cm³/mol. The Hall–Kier alpha value is -3.09. The third-order valence-electron chi connectivity index (χ3n) is 5.56. The molecule has 2 N–H and O–H groups in total. The van der Waals surface area contributed by atoms with Crippen molar-refractivity contribution in [2.75, 3.05) is 0 Å². The van der Waals surface area contributed by atoms with Crippen molar-refractivity contribution in [3.8, 4) is 0 Å². The molecule has 156 valence electrons. The van der Waals surface area contributed by atoms with Crippen LogP contribution in [0.2, 0.25) is 0 Å². The number of nitrogens with zero attached hydrogens (tertiary/aromatic N) is 1. The number of rotatable bonds is 8. The average molecular weight is 448 g/mol. The third kappa shape index (κ3) is 4.22. The molecule has 4 nitrogen and oxygen atoms in total. The summed E-state index contributed by atoms with van der Waals surface area (Å²) in [4.78, 5) is 4.66. The van der Waals surface area contributed by atoms with Crippen molar-refractivity contribution >= 4 is 45.6 Å². The van der Waals surface area contributed by atoms with E-state index in [1.54, 1.807) is 0 Å². The van der Waals surface area contributed by atoms with Crippen LogP contribution in [0.25, 0.3) is 11.1 Å². The molecule has 0 amide bonds. The molecule has 0 bridgehead atoms.